The Morgan fingerprint density at radius 2 is 2.14 bits per heavy atom. The van der Waals surface area contributed by atoms with Crippen molar-refractivity contribution in [2.45, 2.75) is 18.3 Å². The predicted molar refractivity (Wildman–Crippen MR) is 55.1 cm³/mol. The molecular weight excluding hydrogens is 267 g/mol. The first-order chi connectivity index (χ1) is 6.56. The Balaban J connectivity index is 2.43. The molecule has 4 heteroatoms. The zero-order valence-corrected chi connectivity index (χ0v) is 9.56. The van der Waals surface area contributed by atoms with E-state index in [1.54, 1.807) is 18.2 Å². The smallest absolute Gasteiger partial charge is 0.0551 e. The van der Waals surface area contributed by atoms with Gasteiger partial charge in [-0.2, -0.15) is 0 Å². The Hall–Kier alpha value is -0.540. The third kappa shape index (κ3) is 1.44. The van der Waals surface area contributed by atoms with Gasteiger partial charge < -0.3 is 9.90 Å². The van der Waals surface area contributed by atoms with Gasteiger partial charge in [-0.25, -0.2) is 0 Å². The van der Waals surface area contributed by atoms with Crippen molar-refractivity contribution in [2.24, 2.45) is 0 Å². The summed E-state index contributed by atoms with van der Waals surface area (Å²) in [5, 5.41) is 11.5. The summed E-state index contributed by atoms with van der Waals surface area (Å²) in [7, 11) is 0. The van der Waals surface area contributed by atoms with Crippen molar-refractivity contribution in [3.8, 4) is 0 Å². The van der Waals surface area contributed by atoms with Gasteiger partial charge in [-0.3, -0.25) is 0 Å². The number of hydrogen-bond acceptors (Lipinski definition) is 2. The van der Waals surface area contributed by atoms with Crippen LogP contribution >= 0.6 is 27.5 Å². The monoisotopic (exact) mass is 273 g/mol. The number of halogens is 2. The molecule has 0 saturated heterocycles. The SMILES string of the molecule is O=C([O-])C1(c2ccc(Br)c(Cl)c2)CC1. The minimum absolute atomic E-state index is 0.537. The topological polar surface area (TPSA) is 40.1 Å². The summed E-state index contributed by atoms with van der Waals surface area (Å²) < 4.78 is 0.775. The molecule has 1 aliphatic carbocycles. The number of benzene rings is 1. The lowest BCUT2D eigenvalue weighted by atomic mass is 9.96. The summed E-state index contributed by atoms with van der Waals surface area (Å²) in [6, 6.07) is 5.23. The quantitative estimate of drug-likeness (QED) is 0.826. The van der Waals surface area contributed by atoms with Crippen molar-refractivity contribution in [3.63, 3.8) is 0 Å². The van der Waals surface area contributed by atoms with Gasteiger partial charge in [-0.05, 0) is 46.5 Å². The lowest BCUT2D eigenvalue weighted by Gasteiger charge is -2.17. The molecule has 1 saturated carbocycles. The van der Waals surface area contributed by atoms with Gasteiger partial charge in [0.2, 0.25) is 0 Å². The average Bonchev–Trinajstić information content (AvgIpc) is 2.90. The fraction of sp³-hybridized carbons (Fsp3) is 0.300. The van der Waals surface area contributed by atoms with E-state index in [4.69, 9.17) is 11.6 Å². The van der Waals surface area contributed by atoms with Crippen molar-refractivity contribution in [1.82, 2.24) is 0 Å². The molecule has 0 unspecified atom stereocenters. The summed E-state index contributed by atoms with van der Waals surface area (Å²) in [6.45, 7) is 0. The Kier molecular flexibility index (Phi) is 2.32. The molecule has 1 aliphatic rings. The number of carboxylic acids is 1. The third-order valence-corrected chi connectivity index (χ3v) is 3.85. The van der Waals surface area contributed by atoms with Crippen LogP contribution in [0.3, 0.4) is 0 Å². The minimum atomic E-state index is -1.00. The second-order valence-electron chi connectivity index (χ2n) is 3.50. The molecule has 14 heavy (non-hydrogen) atoms. The molecule has 0 amide bonds. The molecule has 0 N–H and O–H groups in total. The maximum absolute atomic E-state index is 10.9. The van der Waals surface area contributed by atoms with Gasteiger partial charge in [-0.15, -0.1) is 0 Å². The molecule has 1 aromatic rings. The lowest BCUT2D eigenvalue weighted by Crippen LogP contribution is -2.35. The number of aliphatic carboxylic acids is 1. The normalized spacial score (nSPS) is 17.9. The molecule has 0 heterocycles. The molecule has 0 spiro atoms. The summed E-state index contributed by atoms with van der Waals surface area (Å²) in [5.74, 6) is -1.00. The standard InChI is InChI=1S/C10H8BrClO2/c11-7-2-1-6(5-8(7)12)10(3-4-10)9(13)14/h1-2,5H,3-4H2,(H,13,14)/p-1. The van der Waals surface area contributed by atoms with Crippen LogP contribution in [-0.4, -0.2) is 5.97 Å². The van der Waals surface area contributed by atoms with Gasteiger partial charge in [0.1, 0.15) is 0 Å². The second kappa shape index (κ2) is 3.24. The molecule has 2 rings (SSSR count). The fourth-order valence-electron chi connectivity index (χ4n) is 1.53. The van der Waals surface area contributed by atoms with Crippen LogP contribution in [0.2, 0.25) is 5.02 Å². The molecular formula is C10H7BrClO2-. The van der Waals surface area contributed by atoms with Gasteiger partial charge in [-0.1, -0.05) is 17.7 Å². The number of hydrogen-bond donors (Lipinski definition) is 0. The fourth-order valence-corrected chi connectivity index (χ4v) is 1.96. The lowest BCUT2D eigenvalue weighted by molar-refractivity contribution is -0.309. The number of carbonyl (C=O) groups is 1. The Bertz CT molecular complexity index is 399. The van der Waals surface area contributed by atoms with Gasteiger partial charge in [0.15, 0.2) is 0 Å². The summed E-state index contributed by atoms with van der Waals surface area (Å²) in [6.07, 6.45) is 1.29. The summed E-state index contributed by atoms with van der Waals surface area (Å²) in [5.41, 5.74) is -0.0321. The van der Waals surface area contributed by atoms with Gasteiger partial charge in [0, 0.05) is 9.89 Å². The minimum Gasteiger partial charge on any atom is -0.549 e. The van der Waals surface area contributed by atoms with E-state index in [1.165, 1.54) is 0 Å². The van der Waals surface area contributed by atoms with E-state index in [0.717, 1.165) is 10.0 Å². The maximum Gasteiger partial charge on any atom is 0.0551 e. The molecule has 0 aromatic heterocycles. The van der Waals surface area contributed by atoms with Crippen molar-refractivity contribution in [1.29, 1.82) is 0 Å². The van der Waals surface area contributed by atoms with Crippen LogP contribution in [-0.2, 0) is 10.2 Å². The molecule has 0 aliphatic heterocycles. The second-order valence-corrected chi connectivity index (χ2v) is 4.76. The number of rotatable bonds is 2. The molecule has 74 valence electrons. The third-order valence-electron chi connectivity index (χ3n) is 2.61. The molecule has 1 fully saturated rings. The molecule has 0 atom stereocenters. The van der Waals surface area contributed by atoms with Crippen LogP contribution in [0.5, 0.6) is 0 Å². The van der Waals surface area contributed by atoms with Gasteiger partial charge in [0.25, 0.3) is 0 Å². The van der Waals surface area contributed by atoms with Gasteiger partial charge >= 0.3 is 0 Å². The van der Waals surface area contributed by atoms with Crippen molar-refractivity contribution in [2.75, 3.05) is 0 Å². The Morgan fingerprint density at radius 3 is 2.57 bits per heavy atom. The molecule has 0 bridgehead atoms. The number of carbonyl (C=O) groups excluding carboxylic acids is 1. The highest BCUT2D eigenvalue weighted by molar-refractivity contribution is 9.10. The summed E-state index contributed by atoms with van der Waals surface area (Å²) in [4.78, 5) is 10.9. The van der Waals surface area contributed by atoms with Crippen LogP contribution in [0.1, 0.15) is 18.4 Å². The van der Waals surface area contributed by atoms with Crippen LogP contribution in [0.25, 0.3) is 0 Å². The highest BCUT2D eigenvalue weighted by atomic mass is 79.9. The van der Waals surface area contributed by atoms with Gasteiger partial charge in [0.05, 0.1) is 11.0 Å². The first-order valence-corrected chi connectivity index (χ1v) is 5.40. The zero-order chi connectivity index (χ0) is 10.3. The van der Waals surface area contributed by atoms with Crippen LogP contribution in [0.15, 0.2) is 22.7 Å². The van der Waals surface area contributed by atoms with Crippen molar-refractivity contribution < 1.29 is 9.90 Å². The van der Waals surface area contributed by atoms with E-state index in [1.807, 2.05) is 0 Å². The van der Waals surface area contributed by atoms with Crippen LogP contribution in [0, 0.1) is 0 Å². The average molecular weight is 275 g/mol. The first kappa shape index (κ1) is 9.99. The van der Waals surface area contributed by atoms with Crippen LogP contribution in [0.4, 0.5) is 0 Å². The van der Waals surface area contributed by atoms with Crippen molar-refractivity contribution in [3.05, 3.63) is 33.3 Å². The Morgan fingerprint density at radius 1 is 1.50 bits per heavy atom. The van der Waals surface area contributed by atoms with E-state index < -0.39 is 11.4 Å². The van der Waals surface area contributed by atoms with E-state index in [2.05, 4.69) is 15.9 Å². The van der Waals surface area contributed by atoms with Crippen LogP contribution < -0.4 is 5.11 Å². The van der Waals surface area contributed by atoms with E-state index in [-0.39, 0.29) is 0 Å². The predicted octanol–water partition coefficient (Wildman–Crippen LogP) is 1.88. The Labute approximate surface area is 95.0 Å². The molecule has 2 nitrogen and oxygen atoms in total. The van der Waals surface area contributed by atoms with E-state index in [0.29, 0.717) is 17.9 Å². The van der Waals surface area contributed by atoms with Crippen molar-refractivity contribution >= 4 is 33.5 Å². The molecule has 1 aromatic carbocycles. The largest absolute Gasteiger partial charge is 0.549 e. The van der Waals surface area contributed by atoms with E-state index >= 15 is 0 Å². The highest BCUT2D eigenvalue weighted by Crippen LogP contribution is 2.48. The number of carboxylic acid groups (broad SMARTS) is 1. The highest BCUT2D eigenvalue weighted by Gasteiger charge is 2.45. The summed E-state index contributed by atoms with van der Waals surface area (Å²) >= 11 is 9.15. The maximum atomic E-state index is 10.9. The first-order valence-electron chi connectivity index (χ1n) is 4.23. The zero-order valence-electron chi connectivity index (χ0n) is 7.22. The van der Waals surface area contributed by atoms with E-state index in [9.17, 15) is 9.90 Å². The molecule has 0 radical (unpaired) electrons.